The lowest BCUT2D eigenvalue weighted by Crippen LogP contribution is -2.24. The molecule has 0 spiro atoms. The van der Waals surface area contributed by atoms with Gasteiger partial charge in [0.1, 0.15) is 11.9 Å². The molecule has 1 rings (SSSR count). The van der Waals surface area contributed by atoms with Crippen molar-refractivity contribution in [2.75, 3.05) is 5.73 Å². The summed E-state index contributed by atoms with van der Waals surface area (Å²) in [6.45, 7) is 1.02. The van der Waals surface area contributed by atoms with Crippen LogP contribution in [0.4, 0.5) is 19.0 Å². The molecule has 0 aliphatic carbocycles. The Hall–Kier alpha value is -1.20. The van der Waals surface area contributed by atoms with E-state index in [1.807, 2.05) is 0 Å². The Bertz CT molecular complexity index is 265. The zero-order valence-electron chi connectivity index (χ0n) is 6.34. The van der Waals surface area contributed by atoms with Crippen LogP contribution in [0.25, 0.3) is 0 Å². The molecule has 0 aromatic carbocycles. The first kappa shape index (κ1) is 8.89. The molecule has 0 radical (unpaired) electrons. The van der Waals surface area contributed by atoms with Gasteiger partial charge >= 0.3 is 6.18 Å². The maximum absolute atomic E-state index is 12.0. The SMILES string of the molecule is CC(n1ccc(N)n1)C(F)(F)F. The second kappa shape index (κ2) is 2.69. The largest absolute Gasteiger partial charge is 0.410 e. The fraction of sp³-hybridized carbons (Fsp3) is 0.500. The molecule has 0 amide bonds. The van der Waals surface area contributed by atoms with E-state index in [0.717, 1.165) is 11.6 Å². The van der Waals surface area contributed by atoms with Crippen molar-refractivity contribution < 1.29 is 13.2 Å². The standard InChI is InChI=1S/C6H8F3N3/c1-4(6(7,8)9)12-3-2-5(10)11-12/h2-4H,1H3,(H2,10,11). The minimum absolute atomic E-state index is 0.0890. The van der Waals surface area contributed by atoms with Crippen molar-refractivity contribution in [3.8, 4) is 0 Å². The van der Waals surface area contributed by atoms with Crippen LogP contribution in [0.2, 0.25) is 0 Å². The van der Waals surface area contributed by atoms with Crippen LogP contribution < -0.4 is 5.73 Å². The highest BCUT2D eigenvalue weighted by molar-refractivity contribution is 5.24. The van der Waals surface area contributed by atoms with Crippen molar-refractivity contribution >= 4 is 5.82 Å². The number of hydrogen-bond acceptors (Lipinski definition) is 2. The Labute approximate surface area is 67.0 Å². The van der Waals surface area contributed by atoms with Gasteiger partial charge in [-0.1, -0.05) is 0 Å². The molecule has 0 aliphatic heterocycles. The summed E-state index contributed by atoms with van der Waals surface area (Å²) in [6, 6.07) is -0.308. The monoisotopic (exact) mass is 179 g/mol. The van der Waals surface area contributed by atoms with E-state index in [-0.39, 0.29) is 5.82 Å². The van der Waals surface area contributed by atoms with Crippen LogP contribution in [-0.4, -0.2) is 16.0 Å². The molecular formula is C6H8F3N3. The predicted molar refractivity (Wildman–Crippen MR) is 37.4 cm³/mol. The van der Waals surface area contributed by atoms with E-state index in [9.17, 15) is 13.2 Å². The van der Waals surface area contributed by atoms with Crippen molar-refractivity contribution in [1.29, 1.82) is 0 Å². The second-order valence-corrected chi connectivity index (χ2v) is 2.44. The lowest BCUT2D eigenvalue weighted by atomic mass is 10.3. The van der Waals surface area contributed by atoms with Gasteiger partial charge in [-0.15, -0.1) is 0 Å². The highest BCUT2D eigenvalue weighted by Crippen LogP contribution is 2.29. The number of anilines is 1. The number of hydrogen-bond donors (Lipinski definition) is 1. The van der Waals surface area contributed by atoms with E-state index in [0.29, 0.717) is 0 Å². The van der Waals surface area contributed by atoms with Crippen LogP contribution in [0.5, 0.6) is 0 Å². The van der Waals surface area contributed by atoms with Crippen LogP contribution in [0, 0.1) is 0 Å². The fourth-order valence-corrected chi connectivity index (χ4v) is 0.718. The minimum Gasteiger partial charge on any atom is -0.382 e. The maximum atomic E-state index is 12.0. The average Bonchev–Trinajstić information content (AvgIpc) is 2.32. The molecule has 1 heterocycles. The smallest absolute Gasteiger partial charge is 0.382 e. The quantitative estimate of drug-likeness (QED) is 0.711. The Morgan fingerprint density at radius 1 is 1.58 bits per heavy atom. The second-order valence-electron chi connectivity index (χ2n) is 2.44. The van der Waals surface area contributed by atoms with Crippen LogP contribution in [0.15, 0.2) is 12.3 Å². The number of rotatable bonds is 1. The molecule has 6 heteroatoms. The van der Waals surface area contributed by atoms with Crippen LogP contribution in [0.3, 0.4) is 0 Å². The average molecular weight is 179 g/mol. The minimum atomic E-state index is -4.28. The molecule has 1 atom stereocenters. The number of halogens is 3. The molecule has 1 aromatic rings. The summed E-state index contributed by atoms with van der Waals surface area (Å²) in [7, 11) is 0. The Kier molecular flexibility index (Phi) is 1.99. The summed E-state index contributed by atoms with van der Waals surface area (Å²) in [5.74, 6) is 0.0890. The normalized spacial score (nSPS) is 14.7. The summed E-state index contributed by atoms with van der Waals surface area (Å²) >= 11 is 0. The summed E-state index contributed by atoms with van der Waals surface area (Å²) in [4.78, 5) is 0. The topological polar surface area (TPSA) is 43.8 Å². The van der Waals surface area contributed by atoms with Gasteiger partial charge in [-0.3, -0.25) is 4.68 Å². The third-order valence-electron chi connectivity index (χ3n) is 1.50. The molecule has 1 unspecified atom stereocenters. The number of nitrogens with two attached hydrogens (primary N) is 1. The molecule has 0 aliphatic rings. The molecule has 3 nitrogen and oxygen atoms in total. The molecule has 1 aromatic heterocycles. The van der Waals surface area contributed by atoms with Crippen molar-refractivity contribution in [3.63, 3.8) is 0 Å². The van der Waals surface area contributed by atoms with Gasteiger partial charge in [0, 0.05) is 6.20 Å². The van der Waals surface area contributed by atoms with Crippen molar-refractivity contribution in [2.45, 2.75) is 19.1 Å². The van der Waals surface area contributed by atoms with E-state index in [2.05, 4.69) is 5.10 Å². The highest BCUT2D eigenvalue weighted by atomic mass is 19.4. The Morgan fingerprint density at radius 3 is 2.50 bits per heavy atom. The third kappa shape index (κ3) is 1.69. The lowest BCUT2D eigenvalue weighted by Gasteiger charge is -2.15. The molecule has 68 valence electrons. The molecule has 0 fully saturated rings. The Morgan fingerprint density at radius 2 is 2.17 bits per heavy atom. The summed E-state index contributed by atoms with van der Waals surface area (Å²) < 4.78 is 36.9. The number of alkyl halides is 3. The third-order valence-corrected chi connectivity index (χ3v) is 1.50. The zero-order valence-corrected chi connectivity index (χ0v) is 6.34. The molecule has 0 saturated heterocycles. The zero-order chi connectivity index (χ0) is 9.35. The van der Waals surface area contributed by atoms with Gasteiger partial charge in [-0.05, 0) is 13.0 Å². The van der Waals surface area contributed by atoms with Gasteiger partial charge in [-0.2, -0.15) is 18.3 Å². The molecule has 0 bridgehead atoms. The van der Waals surface area contributed by atoms with E-state index < -0.39 is 12.2 Å². The van der Waals surface area contributed by atoms with Gasteiger partial charge < -0.3 is 5.73 Å². The van der Waals surface area contributed by atoms with Crippen molar-refractivity contribution in [3.05, 3.63) is 12.3 Å². The number of nitrogen functional groups attached to an aromatic ring is 1. The fourth-order valence-electron chi connectivity index (χ4n) is 0.718. The van der Waals surface area contributed by atoms with E-state index in [1.165, 1.54) is 12.3 Å². The first-order valence-electron chi connectivity index (χ1n) is 3.28. The van der Waals surface area contributed by atoms with Crippen LogP contribution >= 0.6 is 0 Å². The first-order chi connectivity index (χ1) is 5.41. The summed E-state index contributed by atoms with van der Waals surface area (Å²) in [5.41, 5.74) is 5.16. The van der Waals surface area contributed by atoms with E-state index >= 15 is 0 Å². The first-order valence-corrected chi connectivity index (χ1v) is 3.28. The van der Waals surface area contributed by atoms with E-state index in [4.69, 9.17) is 5.73 Å². The van der Waals surface area contributed by atoms with Gasteiger partial charge in [0.15, 0.2) is 0 Å². The van der Waals surface area contributed by atoms with Crippen molar-refractivity contribution in [1.82, 2.24) is 9.78 Å². The summed E-state index contributed by atoms with van der Waals surface area (Å²) in [5, 5.41) is 3.45. The number of aromatic nitrogens is 2. The maximum Gasteiger partial charge on any atom is 0.410 e. The van der Waals surface area contributed by atoms with Crippen LogP contribution in [0.1, 0.15) is 13.0 Å². The lowest BCUT2D eigenvalue weighted by molar-refractivity contribution is -0.165. The Balaban J connectivity index is 2.85. The van der Waals surface area contributed by atoms with Crippen molar-refractivity contribution in [2.24, 2.45) is 0 Å². The molecule has 2 N–H and O–H groups in total. The van der Waals surface area contributed by atoms with Gasteiger partial charge in [0.2, 0.25) is 0 Å². The molecule has 12 heavy (non-hydrogen) atoms. The predicted octanol–water partition coefficient (Wildman–Crippen LogP) is 1.59. The van der Waals surface area contributed by atoms with Gasteiger partial charge in [0.05, 0.1) is 0 Å². The van der Waals surface area contributed by atoms with Crippen LogP contribution in [-0.2, 0) is 0 Å². The van der Waals surface area contributed by atoms with E-state index in [1.54, 1.807) is 0 Å². The number of nitrogens with zero attached hydrogens (tertiary/aromatic N) is 2. The molecular weight excluding hydrogens is 171 g/mol. The highest BCUT2D eigenvalue weighted by Gasteiger charge is 2.37. The van der Waals surface area contributed by atoms with Gasteiger partial charge in [0.25, 0.3) is 0 Å². The molecule has 0 saturated carbocycles. The summed E-state index contributed by atoms with van der Waals surface area (Å²) in [6.07, 6.45) is -3.08. The van der Waals surface area contributed by atoms with Gasteiger partial charge in [-0.25, -0.2) is 0 Å².